The zero-order chi connectivity index (χ0) is 11.4. The fourth-order valence-corrected chi connectivity index (χ4v) is 2.25. The van der Waals surface area contributed by atoms with Crippen LogP contribution in [0.5, 0.6) is 0 Å². The van der Waals surface area contributed by atoms with Crippen LogP contribution in [0.4, 0.5) is 0 Å². The Labute approximate surface area is 94.5 Å². The fourth-order valence-electron chi connectivity index (χ4n) is 2.25. The molecule has 0 spiro atoms. The van der Waals surface area contributed by atoms with Crippen molar-refractivity contribution in [3.05, 3.63) is 11.9 Å². The summed E-state index contributed by atoms with van der Waals surface area (Å²) in [7, 11) is 0. The normalized spacial score (nSPS) is 18.2. The lowest BCUT2D eigenvalue weighted by Gasteiger charge is -2.12. The molecule has 2 rings (SSSR count). The highest BCUT2D eigenvalue weighted by Crippen LogP contribution is 2.26. The molecule has 0 amide bonds. The molecule has 1 aliphatic rings. The minimum atomic E-state index is -0.854. The molecule has 5 nitrogen and oxygen atoms in total. The lowest BCUT2D eigenvalue weighted by Crippen LogP contribution is -2.08. The lowest BCUT2D eigenvalue weighted by atomic mass is 10.1. The molecule has 1 N–H and O–H groups in total. The average Bonchev–Trinajstić information content (AvgIpc) is 2.53. The summed E-state index contributed by atoms with van der Waals surface area (Å²) in [6, 6.07) is 0.414. The molecule has 1 heterocycles. The minimum absolute atomic E-state index is 0.0350. The second-order valence-electron chi connectivity index (χ2n) is 4.41. The van der Waals surface area contributed by atoms with Gasteiger partial charge < -0.3 is 5.11 Å². The second-order valence-corrected chi connectivity index (χ2v) is 4.41. The Hall–Kier alpha value is -1.39. The Kier molecular flexibility index (Phi) is 3.54. The van der Waals surface area contributed by atoms with E-state index in [-0.39, 0.29) is 6.42 Å². The summed E-state index contributed by atoms with van der Waals surface area (Å²) >= 11 is 0. The first-order chi connectivity index (χ1) is 7.75. The summed E-state index contributed by atoms with van der Waals surface area (Å²) in [6.07, 6.45) is 9.08. The third-order valence-electron chi connectivity index (χ3n) is 3.09. The first kappa shape index (κ1) is 11.1. The molecule has 0 unspecified atom stereocenters. The fraction of sp³-hybridized carbons (Fsp3) is 0.727. The number of carboxylic acid groups (broad SMARTS) is 1. The monoisotopic (exact) mass is 223 g/mol. The van der Waals surface area contributed by atoms with Gasteiger partial charge in [0.25, 0.3) is 0 Å². The molecule has 0 aromatic carbocycles. The summed E-state index contributed by atoms with van der Waals surface area (Å²) in [4.78, 5) is 10.5. The van der Waals surface area contributed by atoms with Crippen LogP contribution in [0.15, 0.2) is 6.20 Å². The Morgan fingerprint density at radius 2 is 2.06 bits per heavy atom. The van der Waals surface area contributed by atoms with Gasteiger partial charge >= 0.3 is 5.97 Å². The Bertz CT molecular complexity index is 354. The maximum atomic E-state index is 10.5. The van der Waals surface area contributed by atoms with Crippen LogP contribution in [-0.2, 0) is 11.2 Å². The van der Waals surface area contributed by atoms with E-state index in [1.165, 1.54) is 25.7 Å². The number of hydrogen-bond acceptors (Lipinski definition) is 3. The van der Waals surface area contributed by atoms with Crippen molar-refractivity contribution >= 4 is 5.97 Å². The van der Waals surface area contributed by atoms with Crippen LogP contribution in [0, 0.1) is 0 Å². The van der Waals surface area contributed by atoms with Gasteiger partial charge in [0, 0.05) is 6.20 Å². The van der Waals surface area contributed by atoms with Gasteiger partial charge in [0.1, 0.15) is 0 Å². The van der Waals surface area contributed by atoms with Gasteiger partial charge in [0.15, 0.2) is 0 Å². The Morgan fingerprint density at radius 3 is 2.69 bits per heavy atom. The van der Waals surface area contributed by atoms with Gasteiger partial charge in [-0.25, -0.2) is 4.68 Å². The van der Waals surface area contributed by atoms with Crippen LogP contribution in [0.2, 0.25) is 0 Å². The highest BCUT2D eigenvalue weighted by atomic mass is 16.4. The molecule has 1 aromatic rings. The van der Waals surface area contributed by atoms with Gasteiger partial charge in [0.05, 0.1) is 18.2 Å². The first-order valence-corrected chi connectivity index (χ1v) is 5.88. The predicted molar refractivity (Wildman–Crippen MR) is 58.1 cm³/mol. The summed E-state index contributed by atoms with van der Waals surface area (Å²) in [5.41, 5.74) is 0.553. The largest absolute Gasteiger partial charge is 0.481 e. The molecule has 5 heteroatoms. The van der Waals surface area contributed by atoms with Crippen LogP contribution in [0.3, 0.4) is 0 Å². The van der Waals surface area contributed by atoms with Crippen LogP contribution >= 0.6 is 0 Å². The third-order valence-corrected chi connectivity index (χ3v) is 3.09. The molecule has 1 saturated carbocycles. The van der Waals surface area contributed by atoms with E-state index in [1.54, 1.807) is 6.20 Å². The molecule has 1 fully saturated rings. The van der Waals surface area contributed by atoms with Crippen LogP contribution in [-0.4, -0.2) is 26.1 Å². The first-order valence-electron chi connectivity index (χ1n) is 5.88. The summed E-state index contributed by atoms with van der Waals surface area (Å²) in [5.74, 6) is -0.854. The van der Waals surface area contributed by atoms with Crippen molar-refractivity contribution in [3.63, 3.8) is 0 Å². The topological polar surface area (TPSA) is 68.0 Å². The van der Waals surface area contributed by atoms with Crippen molar-refractivity contribution in [2.75, 3.05) is 0 Å². The van der Waals surface area contributed by atoms with Crippen LogP contribution in [0.1, 0.15) is 50.3 Å². The maximum Gasteiger partial charge on any atom is 0.309 e. The molecule has 0 aliphatic heterocycles. The number of rotatable bonds is 3. The third kappa shape index (κ3) is 2.81. The van der Waals surface area contributed by atoms with Crippen molar-refractivity contribution in [1.82, 2.24) is 15.0 Å². The van der Waals surface area contributed by atoms with E-state index in [2.05, 4.69) is 10.3 Å². The number of aliphatic carboxylic acids is 1. The number of hydrogen-bond donors (Lipinski definition) is 1. The highest BCUT2D eigenvalue weighted by Gasteiger charge is 2.16. The summed E-state index contributed by atoms with van der Waals surface area (Å²) in [6.45, 7) is 0. The highest BCUT2D eigenvalue weighted by molar-refractivity contribution is 5.69. The number of aromatic nitrogens is 3. The molecule has 0 radical (unpaired) electrons. The van der Waals surface area contributed by atoms with E-state index in [1.807, 2.05) is 4.68 Å². The summed E-state index contributed by atoms with van der Waals surface area (Å²) in [5, 5.41) is 16.6. The lowest BCUT2D eigenvalue weighted by molar-refractivity contribution is -0.136. The SMILES string of the molecule is O=C(O)Cc1cn(C2CCCCCC2)nn1. The average molecular weight is 223 g/mol. The zero-order valence-electron chi connectivity index (χ0n) is 9.30. The quantitative estimate of drug-likeness (QED) is 0.793. The predicted octanol–water partition coefficient (Wildman–Crippen LogP) is 1.80. The molecule has 88 valence electrons. The molecule has 1 aliphatic carbocycles. The molecule has 0 atom stereocenters. The van der Waals surface area contributed by atoms with E-state index in [0.29, 0.717) is 11.7 Å². The molecular formula is C11H17N3O2. The van der Waals surface area contributed by atoms with Crippen LogP contribution < -0.4 is 0 Å². The molecule has 1 aromatic heterocycles. The smallest absolute Gasteiger partial charge is 0.309 e. The Morgan fingerprint density at radius 1 is 1.38 bits per heavy atom. The number of nitrogens with zero attached hydrogens (tertiary/aromatic N) is 3. The van der Waals surface area contributed by atoms with E-state index < -0.39 is 5.97 Å². The Balaban J connectivity index is 2.02. The molecule has 16 heavy (non-hydrogen) atoms. The van der Waals surface area contributed by atoms with Crippen molar-refractivity contribution < 1.29 is 9.90 Å². The van der Waals surface area contributed by atoms with Gasteiger partial charge in [-0.15, -0.1) is 5.10 Å². The van der Waals surface area contributed by atoms with Crippen LogP contribution in [0.25, 0.3) is 0 Å². The molecule has 0 bridgehead atoms. The maximum absolute atomic E-state index is 10.5. The van der Waals surface area contributed by atoms with E-state index in [0.717, 1.165) is 12.8 Å². The van der Waals surface area contributed by atoms with Gasteiger partial charge in [-0.2, -0.15) is 0 Å². The van der Waals surface area contributed by atoms with Crippen molar-refractivity contribution in [3.8, 4) is 0 Å². The number of carbonyl (C=O) groups is 1. The summed E-state index contributed by atoms with van der Waals surface area (Å²) < 4.78 is 1.85. The van der Waals surface area contributed by atoms with Crippen molar-refractivity contribution in [1.29, 1.82) is 0 Å². The molecule has 0 saturated heterocycles. The minimum Gasteiger partial charge on any atom is -0.481 e. The zero-order valence-corrected chi connectivity index (χ0v) is 9.30. The van der Waals surface area contributed by atoms with Gasteiger partial charge in [-0.05, 0) is 12.8 Å². The van der Waals surface area contributed by atoms with E-state index in [9.17, 15) is 4.79 Å². The van der Waals surface area contributed by atoms with Gasteiger partial charge in [0.2, 0.25) is 0 Å². The van der Waals surface area contributed by atoms with Gasteiger partial charge in [-0.3, -0.25) is 4.79 Å². The standard InChI is InChI=1S/C11H17N3O2/c15-11(16)7-9-8-14(13-12-9)10-5-3-1-2-4-6-10/h8,10H,1-7H2,(H,15,16). The van der Waals surface area contributed by atoms with Crippen molar-refractivity contribution in [2.45, 2.75) is 51.0 Å². The second kappa shape index (κ2) is 5.09. The van der Waals surface area contributed by atoms with E-state index in [4.69, 9.17) is 5.11 Å². The van der Waals surface area contributed by atoms with E-state index >= 15 is 0 Å². The molecular weight excluding hydrogens is 206 g/mol. The number of carboxylic acids is 1. The van der Waals surface area contributed by atoms with Crippen molar-refractivity contribution in [2.24, 2.45) is 0 Å². The van der Waals surface area contributed by atoms with Gasteiger partial charge in [-0.1, -0.05) is 30.9 Å².